The first-order chi connectivity index (χ1) is 11.1. The van der Waals surface area contributed by atoms with Crippen molar-refractivity contribution in [2.24, 2.45) is 0 Å². The van der Waals surface area contributed by atoms with Crippen LogP contribution in [0.25, 0.3) is 22.1 Å². The van der Waals surface area contributed by atoms with Crippen LogP contribution in [0.5, 0.6) is 0 Å². The number of aryl methyl sites for hydroxylation is 2. The Kier molecular flexibility index (Phi) is 3.41. The lowest BCUT2D eigenvalue weighted by molar-refractivity contribution is 0.486. The minimum absolute atomic E-state index is 0.328. The van der Waals surface area contributed by atoms with Crippen LogP contribution in [-0.2, 0) is 13.0 Å². The number of aromatic nitrogens is 4. The smallest absolute Gasteiger partial charge is 0.161 e. The van der Waals surface area contributed by atoms with Crippen LogP contribution in [-0.4, -0.2) is 19.7 Å². The van der Waals surface area contributed by atoms with Gasteiger partial charge in [-0.25, -0.2) is 13.8 Å². The number of fused-ring (bicyclic) bond motifs is 2. The molecule has 0 saturated carbocycles. The average Bonchev–Trinajstić information content (AvgIpc) is 3.10. The number of hydrogen-bond donors (Lipinski definition) is 1. The molecule has 1 aliphatic rings. The topological polar surface area (TPSA) is 46.5 Å². The lowest BCUT2D eigenvalue weighted by Gasteiger charge is -2.11. The third-order valence-corrected chi connectivity index (χ3v) is 4.25. The van der Waals surface area contributed by atoms with Gasteiger partial charge in [-0.1, -0.05) is 11.6 Å². The summed E-state index contributed by atoms with van der Waals surface area (Å²) >= 11 is 6.29. The Labute approximate surface area is 135 Å². The third-order valence-electron chi connectivity index (χ3n) is 3.96. The van der Waals surface area contributed by atoms with E-state index in [1.54, 1.807) is 6.08 Å². The molecule has 118 valence electrons. The molecule has 3 aromatic rings. The zero-order valence-corrected chi connectivity index (χ0v) is 12.9. The molecule has 0 amide bonds. The van der Waals surface area contributed by atoms with E-state index in [0.717, 1.165) is 37.2 Å². The Morgan fingerprint density at radius 2 is 2.04 bits per heavy atom. The summed E-state index contributed by atoms with van der Waals surface area (Å²) in [6, 6.07) is 4.12. The fraction of sp³-hybridized carbons (Fsp3) is 0.250. The van der Waals surface area contributed by atoms with Crippen molar-refractivity contribution < 1.29 is 8.78 Å². The minimum atomic E-state index is -0.933. The van der Waals surface area contributed by atoms with Gasteiger partial charge in [0, 0.05) is 24.4 Å². The highest BCUT2D eigenvalue weighted by Gasteiger charge is 2.13. The van der Waals surface area contributed by atoms with Crippen LogP contribution in [0.15, 0.2) is 18.2 Å². The number of H-pyrrole nitrogens is 1. The van der Waals surface area contributed by atoms with E-state index < -0.39 is 11.6 Å². The number of nitrogens with one attached hydrogen (secondary N) is 1. The molecule has 7 heteroatoms. The SMILES string of the molecule is Fc1cc2nc(/C(Cl)=C/c3cc4n(n3)CCCC4)[nH]c2cc1F. The normalized spacial score (nSPS) is 15.2. The van der Waals surface area contributed by atoms with Gasteiger partial charge in [0.1, 0.15) is 5.82 Å². The van der Waals surface area contributed by atoms with Gasteiger partial charge in [-0.05, 0) is 31.4 Å². The first-order valence-corrected chi connectivity index (χ1v) is 7.77. The van der Waals surface area contributed by atoms with Crippen molar-refractivity contribution in [2.45, 2.75) is 25.8 Å². The van der Waals surface area contributed by atoms with Crippen molar-refractivity contribution >= 4 is 33.7 Å². The van der Waals surface area contributed by atoms with Crippen molar-refractivity contribution in [1.82, 2.24) is 19.7 Å². The van der Waals surface area contributed by atoms with E-state index in [4.69, 9.17) is 11.6 Å². The van der Waals surface area contributed by atoms with Crippen LogP contribution in [0.2, 0.25) is 0 Å². The Morgan fingerprint density at radius 1 is 1.22 bits per heavy atom. The molecule has 0 bridgehead atoms. The van der Waals surface area contributed by atoms with Gasteiger partial charge in [0.2, 0.25) is 0 Å². The largest absolute Gasteiger partial charge is 0.337 e. The molecule has 0 fully saturated rings. The summed E-state index contributed by atoms with van der Waals surface area (Å²) in [7, 11) is 0. The molecule has 1 N–H and O–H groups in total. The molecule has 1 aliphatic heterocycles. The fourth-order valence-corrected chi connectivity index (χ4v) is 3.03. The van der Waals surface area contributed by atoms with Gasteiger partial charge >= 0.3 is 0 Å². The summed E-state index contributed by atoms with van der Waals surface area (Å²) in [6.45, 7) is 0.921. The fourth-order valence-electron chi connectivity index (χ4n) is 2.83. The quantitative estimate of drug-likeness (QED) is 0.766. The molecular formula is C16H13ClF2N4. The number of hydrogen-bond acceptors (Lipinski definition) is 2. The molecule has 0 spiro atoms. The monoisotopic (exact) mass is 334 g/mol. The Bertz CT molecular complexity index is 863. The van der Waals surface area contributed by atoms with Crippen molar-refractivity contribution in [1.29, 1.82) is 0 Å². The molecule has 0 radical (unpaired) electrons. The number of nitrogens with zero attached hydrogens (tertiary/aromatic N) is 3. The van der Waals surface area contributed by atoms with Gasteiger partial charge in [-0.3, -0.25) is 4.68 Å². The van der Waals surface area contributed by atoms with Gasteiger partial charge in [-0.2, -0.15) is 5.10 Å². The van der Waals surface area contributed by atoms with E-state index in [9.17, 15) is 8.78 Å². The molecule has 2 aromatic heterocycles. The summed E-state index contributed by atoms with van der Waals surface area (Å²) in [6.07, 6.45) is 5.02. The van der Waals surface area contributed by atoms with Crippen LogP contribution >= 0.6 is 11.6 Å². The Hall–Kier alpha value is -2.21. The van der Waals surface area contributed by atoms with Crippen LogP contribution in [0.4, 0.5) is 8.78 Å². The number of rotatable bonds is 2. The third kappa shape index (κ3) is 2.63. The van der Waals surface area contributed by atoms with E-state index >= 15 is 0 Å². The van der Waals surface area contributed by atoms with E-state index in [2.05, 4.69) is 15.1 Å². The van der Waals surface area contributed by atoms with Crippen LogP contribution < -0.4 is 0 Å². The van der Waals surface area contributed by atoms with Gasteiger partial charge in [0.25, 0.3) is 0 Å². The van der Waals surface area contributed by atoms with Gasteiger partial charge in [-0.15, -0.1) is 0 Å². The zero-order chi connectivity index (χ0) is 16.0. The highest BCUT2D eigenvalue weighted by Crippen LogP contribution is 2.25. The molecule has 0 saturated heterocycles. The molecule has 3 heterocycles. The molecule has 4 rings (SSSR count). The summed E-state index contributed by atoms with van der Waals surface area (Å²) < 4.78 is 28.5. The number of imidazole rings is 1. The second kappa shape index (κ2) is 5.45. The molecule has 1 aromatic carbocycles. The van der Waals surface area contributed by atoms with Crippen LogP contribution in [0, 0.1) is 11.6 Å². The molecule has 0 atom stereocenters. The average molecular weight is 335 g/mol. The molecule has 23 heavy (non-hydrogen) atoms. The highest BCUT2D eigenvalue weighted by atomic mass is 35.5. The maximum Gasteiger partial charge on any atom is 0.161 e. The van der Waals surface area contributed by atoms with Gasteiger partial charge in [0.05, 0.1) is 21.8 Å². The minimum Gasteiger partial charge on any atom is -0.337 e. The van der Waals surface area contributed by atoms with Gasteiger partial charge < -0.3 is 4.98 Å². The maximum absolute atomic E-state index is 13.3. The predicted molar refractivity (Wildman–Crippen MR) is 84.9 cm³/mol. The van der Waals surface area contributed by atoms with E-state index in [1.165, 1.54) is 12.1 Å². The predicted octanol–water partition coefficient (Wildman–Crippen LogP) is 4.11. The van der Waals surface area contributed by atoms with E-state index in [1.807, 2.05) is 10.7 Å². The lowest BCUT2D eigenvalue weighted by Crippen LogP contribution is -2.10. The molecule has 4 nitrogen and oxygen atoms in total. The van der Waals surface area contributed by atoms with Crippen LogP contribution in [0.1, 0.15) is 30.1 Å². The zero-order valence-electron chi connectivity index (χ0n) is 12.1. The first kappa shape index (κ1) is 14.4. The van der Waals surface area contributed by atoms with Crippen molar-refractivity contribution in [3.05, 3.63) is 47.0 Å². The summed E-state index contributed by atoms with van der Waals surface area (Å²) in [5.74, 6) is -1.50. The maximum atomic E-state index is 13.3. The highest BCUT2D eigenvalue weighted by molar-refractivity contribution is 6.50. The standard InChI is InChI=1S/C16H13ClF2N4/c17-11(6-9-5-10-3-1-2-4-23(10)22-9)16-20-14-7-12(18)13(19)8-15(14)21-16/h5-8H,1-4H2,(H,20,21)/b11-6-. The number of halogens is 3. The summed E-state index contributed by atoms with van der Waals surface area (Å²) in [5.41, 5.74) is 2.68. The second-order valence-electron chi connectivity index (χ2n) is 5.60. The van der Waals surface area contributed by atoms with E-state index in [0.29, 0.717) is 21.9 Å². The van der Waals surface area contributed by atoms with Crippen molar-refractivity contribution in [2.75, 3.05) is 0 Å². The Balaban J connectivity index is 1.70. The Morgan fingerprint density at radius 3 is 2.87 bits per heavy atom. The van der Waals surface area contributed by atoms with Crippen molar-refractivity contribution in [3.8, 4) is 0 Å². The van der Waals surface area contributed by atoms with Gasteiger partial charge in [0.15, 0.2) is 11.6 Å². The summed E-state index contributed by atoms with van der Waals surface area (Å²) in [4.78, 5) is 7.09. The molecule has 0 unspecified atom stereocenters. The lowest BCUT2D eigenvalue weighted by atomic mass is 10.1. The van der Waals surface area contributed by atoms with Crippen molar-refractivity contribution in [3.63, 3.8) is 0 Å². The molecule has 0 aliphatic carbocycles. The van der Waals surface area contributed by atoms with E-state index in [-0.39, 0.29) is 0 Å². The first-order valence-electron chi connectivity index (χ1n) is 7.39. The van der Waals surface area contributed by atoms with Crippen LogP contribution in [0.3, 0.4) is 0 Å². The molecular weight excluding hydrogens is 322 g/mol. The number of benzene rings is 1. The summed E-state index contributed by atoms with van der Waals surface area (Å²) in [5, 5.41) is 4.84. The number of aromatic amines is 1. The second-order valence-corrected chi connectivity index (χ2v) is 6.01.